The number of rotatable bonds is 3. The summed E-state index contributed by atoms with van der Waals surface area (Å²) in [5.41, 5.74) is 2.29. The van der Waals surface area contributed by atoms with E-state index in [0.29, 0.717) is 5.56 Å². The summed E-state index contributed by atoms with van der Waals surface area (Å²) in [6.45, 7) is 1.72. The Morgan fingerprint density at radius 3 is 2.90 bits per heavy atom. The molecule has 0 heterocycles. The molecule has 0 spiro atoms. The van der Waals surface area contributed by atoms with Gasteiger partial charge in [-0.1, -0.05) is 17.9 Å². The number of carbonyl (C=O) groups is 1. The van der Waals surface area contributed by atoms with Crippen LogP contribution in [0.4, 0.5) is 0 Å². The molecule has 0 radical (unpaired) electrons. The van der Waals surface area contributed by atoms with Crippen molar-refractivity contribution < 1.29 is 14.6 Å². The van der Waals surface area contributed by atoms with Crippen molar-refractivity contribution in [1.29, 1.82) is 0 Å². The van der Waals surface area contributed by atoms with Crippen molar-refractivity contribution in [1.82, 2.24) is 5.32 Å². The quantitative estimate of drug-likeness (QED) is 0.815. The van der Waals surface area contributed by atoms with E-state index in [9.17, 15) is 4.79 Å². The fourth-order valence-corrected chi connectivity index (χ4v) is 2.23. The molecule has 2 N–H and O–H groups in total. The molecule has 106 valence electrons. The van der Waals surface area contributed by atoms with Crippen molar-refractivity contribution in [2.45, 2.75) is 31.9 Å². The Labute approximate surface area is 119 Å². The predicted octanol–water partition coefficient (Wildman–Crippen LogP) is 1.25. The number of benzene rings is 1. The second-order valence-corrected chi connectivity index (χ2v) is 4.99. The molecule has 1 aromatic carbocycles. The van der Waals surface area contributed by atoms with E-state index >= 15 is 0 Å². The van der Waals surface area contributed by atoms with Crippen LogP contribution < -0.4 is 5.32 Å². The summed E-state index contributed by atoms with van der Waals surface area (Å²) in [7, 11) is 1.69. The van der Waals surface area contributed by atoms with E-state index in [1.165, 1.54) is 0 Å². The number of methoxy groups -OCH3 is 1. The zero-order chi connectivity index (χ0) is 14.5. The molecular formula is C16H19NO3. The summed E-state index contributed by atoms with van der Waals surface area (Å²) < 4.78 is 5.20. The Morgan fingerprint density at radius 1 is 1.50 bits per heavy atom. The summed E-state index contributed by atoms with van der Waals surface area (Å²) in [5.74, 6) is 5.32. The van der Waals surface area contributed by atoms with Gasteiger partial charge in [0.05, 0.1) is 6.10 Å². The maximum absolute atomic E-state index is 12.2. The standard InChI is InChI=1S/C16H19NO3/c1-11-5-6-12(4-3-7-18)8-15(11)16(19)17-13-9-14(10-13)20-2/h5-6,8,13-14,18H,7,9-10H2,1-2H3,(H,17,19). The van der Waals surface area contributed by atoms with E-state index in [0.717, 1.165) is 24.0 Å². The van der Waals surface area contributed by atoms with Crippen LogP contribution in [-0.4, -0.2) is 36.9 Å². The summed E-state index contributed by atoms with van der Waals surface area (Å²) in [5, 5.41) is 11.7. The summed E-state index contributed by atoms with van der Waals surface area (Å²) in [4.78, 5) is 12.2. The van der Waals surface area contributed by atoms with Crippen LogP contribution in [0.25, 0.3) is 0 Å². The Morgan fingerprint density at radius 2 is 2.25 bits per heavy atom. The number of hydrogen-bond acceptors (Lipinski definition) is 3. The predicted molar refractivity (Wildman–Crippen MR) is 76.4 cm³/mol. The van der Waals surface area contributed by atoms with Gasteiger partial charge in [0, 0.05) is 24.3 Å². The second kappa shape index (κ2) is 6.56. The Bertz CT molecular complexity index is 551. The van der Waals surface area contributed by atoms with Gasteiger partial charge in [-0.2, -0.15) is 0 Å². The van der Waals surface area contributed by atoms with E-state index in [4.69, 9.17) is 9.84 Å². The number of aryl methyl sites for hydroxylation is 1. The highest BCUT2D eigenvalue weighted by Crippen LogP contribution is 2.23. The highest BCUT2D eigenvalue weighted by molar-refractivity contribution is 5.96. The molecule has 0 atom stereocenters. The SMILES string of the molecule is COC1CC(NC(=O)c2cc(C#CCO)ccc2C)C1. The van der Waals surface area contributed by atoms with Crippen LogP contribution in [0, 0.1) is 18.8 Å². The first-order valence-corrected chi connectivity index (χ1v) is 6.68. The van der Waals surface area contributed by atoms with E-state index < -0.39 is 0 Å². The fourth-order valence-electron chi connectivity index (χ4n) is 2.23. The molecule has 0 aliphatic heterocycles. The third kappa shape index (κ3) is 3.38. The number of ether oxygens (including phenoxy) is 1. The molecule has 20 heavy (non-hydrogen) atoms. The van der Waals surface area contributed by atoms with Gasteiger partial charge in [-0.3, -0.25) is 4.79 Å². The van der Waals surface area contributed by atoms with Crippen LogP contribution in [0.3, 0.4) is 0 Å². The number of amides is 1. The third-order valence-electron chi connectivity index (χ3n) is 3.56. The average Bonchev–Trinajstić information content (AvgIpc) is 2.41. The van der Waals surface area contributed by atoms with Gasteiger partial charge in [0.15, 0.2) is 0 Å². The molecule has 1 aromatic rings. The largest absolute Gasteiger partial charge is 0.384 e. The van der Waals surface area contributed by atoms with Crippen molar-refractivity contribution in [3.05, 3.63) is 34.9 Å². The zero-order valence-corrected chi connectivity index (χ0v) is 11.8. The minimum absolute atomic E-state index is 0.0744. The second-order valence-electron chi connectivity index (χ2n) is 4.99. The lowest BCUT2D eigenvalue weighted by Gasteiger charge is -2.34. The summed E-state index contributed by atoms with van der Waals surface area (Å²) in [6, 6.07) is 5.67. The highest BCUT2D eigenvalue weighted by atomic mass is 16.5. The van der Waals surface area contributed by atoms with E-state index in [-0.39, 0.29) is 24.7 Å². The molecule has 0 unspecified atom stereocenters. The molecule has 2 rings (SSSR count). The summed E-state index contributed by atoms with van der Waals surface area (Å²) in [6.07, 6.45) is 2.00. The van der Waals surface area contributed by atoms with Crippen LogP contribution in [0.2, 0.25) is 0 Å². The van der Waals surface area contributed by atoms with Crippen LogP contribution in [0.5, 0.6) is 0 Å². The van der Waals surface area contributed by atoms with Gasteiger partial charge in [0.1, 0.15) is 6.61 Å². The van der Waals surface area contributed by atoms with E-state index in [1.54, 1.807) is 13.2 Å². The molecule has 1 amide bonds. The zero-order valence-electron chi connectivity index (χ0n) is 11.8. The number of carbonyl (C=O) groups excluding carboxylic acids is 1. The maximum atomic E-state index is 12.2. The lowest BCUT2D eigenvalue weighted by atomic mass is 9.89. The molecule has 4 nitrogen and oxygen atoms in total. The highest BCUT2D eigenvalue weighted by Gasteiger charge is 2.30. The first-order valence-electron chi connectivity index (χ1n) is 6.68. The molecule has 1 aliphatic carbocycles. The van der Waals surface area contributed by atoms with Crippen LogP contribution in [-0.2, 0) is 4.74 Å². The van der Waals surface area contributed by atoms with E-state index in [2.05, 4.69) is 17.2 Å². The molecule has 4 heteroatoms. The van der Waals surface area contributed by atoms with Crippen LogP contribution >= 0.6 is 0 Å². The van der Waals surface area contributed by atoms with Crippen LogP contribution in [0.15, 0.2) is 18.2 Å². The smallest absolute Gasteiger partial charge is 0.251 e. The van der Waals surface area contributed by atoms with Gasteiger partial charge in [0.2, 0.25) is 0 Å². The van der Waals surface area contributed by atoms with Gasteiger partial charge in [-0.05, 0) is 37.5 Å². The van der Waals surface area contributed by atoms with Crippen molar-refractivity contribution in [3.8, 4) is 11.8 Å². The first-order chi connectivity index (χ1) is 9.63. The van der Waals surface area contributed by atoms with Gasteiger partial charge < -0.3 is 15.2 Å². The molecule has 1 saturated carbocycles. The normalized spacial score (nSPS) is 20.6. The maximum Gasteiger partial charge on any atom is 0.251 e. The van der Waals surface area contributed by atoms with Gasteiger partial charge in [0.25, 0.3) is 5.91 Å². The van der Waals surface area contributed by atoms with Crippen LogP contribution in [0.1, 0.15) is 34.3 Å². The topological polar surface area (TPSA) is 58.6 Å². The number of hydrogen-bond donors (Lipinski definition) is 2. The lowest BCUT2D eigenvalue weighted by Crippen LogP contribution is -2.47. The molecule has 0 aromatic heterocycles. The van der Waals surface area contributed by atoms with Gasteiger partial charge >= 0.3 is 0 Å². The van der Waals surface area contributed by atoms with Crippen molar-refractivity contribution in [2.24, 2.45) is 0 Å². The van der Waals surface area contributed by atoms with Crippen molar-refractivity contribution >= 4 is 5.91 Å². The molecule has 0 saturated heterocycles. The van der Waals surface area contributed by atoms with Crippen molar-refractivity contribution in [3.63, 3.8) is 0 Å². The Hall–Kier alpha value is -1.83. The Kier molecular flexibility index (Phi) is 4.78. The monoisotopic (exact) mass is 273 g/mol. The summed E-state index contributed by atoms with van der Waals surface area (Å²) >= 11 is 0. The lowest BCUT2D eigenvalue weighted by molar-refractivity contribution is 0.0176. The fraction of sp³-hybridized carbons (Fsp3) is 0.438. The first kappa shape index (κ1) is 14.6. The number of nitrogens with one attached hydrogen (secondary N) is 1. The molecule has 0 bridgehead atoms. The van der Waals surface area contributed by atoms with Gasteiger partial charge in [-0.15, -0.1) is 0 Å². The average molecular weight is 273 g/mol. The minimum atomic E-state index is -0.185. The van der Waals surface area contributed by atoms with E-state index in [1.807, 2.05) is 19.1 Å². The molecule has 1 aliphatic rings. The third-order valence-corrected chi connectivity index (χ3v) is 3.56. The number of aliphatic hydroxyl groups is 1. The van der Waals surface area contributed by atoms with Gasteiger partial charge in [-0.25, -0.2) is 0 Å². The Balaban J connectivity index is 2.05. The molecular weight excluding hydrogens is 254 g/mol. The van der Waals surface area contributed by atoms with Crippen molar-refractivity contribution in [2.75, 3.05) is 13.7 Å². The molecule has 1 fully saturated rings. The number of aliphatic hydroxyl groups excluding tert-OH is 1. The minimum Gasteiger partial charge on any atom is -0.384 e.